The molecular weight excluding hydrogens is 270 g/mol. The predicted octanol–water partition coefficient (Wildman–Crippen LogP) is 3.91. The molecule has 0 saturated heterocycles. The van der Waals surface area contributed by atoms with Crippen LogP contribution in [0, 0.1) is 17.0 Å². The molecule has 110 valence electrons. The average molecular weight is 287 g/mol. The summed E-state index contributed by atoms with van der Waals surface area (Å²) in [6.45, 7) is 4.59. The molecule has 1 aromatic carbocycles. The highest BCUT2D eigenvalue weighted by molar-refractivity contribution is 5.45. The Hall–Kier alpha value is -2.63. The van der Waals surface area contributed by atoms with E-state index in [0.29, 0.717) is 17.2 Å². The van der Waals surface area contributed by atoms with E-state index in [2.05, 4.69) is 17.2 Å². The van der Waals surface area contributed by atoms with E-state index in [1.807, 2.05) is 12.1 Å². The summed E-state index contributed by atoms with van der Waals surface area (Å²) in [4.78, 5) is 14.7. The van der Waals surface area contributed by atoms with Crippen LogP contribution < -0.4 is 10.1 Å². The number of nitro benzene ring substituents is 1. The molecule has 6 heteroatoms. The van der Waals surface area contributed by atoms with Crippen molar-refractivity contribution in [2.45, 2.75) is 20.3 Å². The molecule has 0 aliphatic heterocycles. The minimum absolute atomic E-state index is 0.0775. The highest BCUT2D eigenvalue weighted by Gasteiger charge is 2.11. The number of hydrogen-bond donors (Lipinski definition) is 1. The van der Waals surface area contributed by atoms with Crippen molar-refractivity contribution in [3.63, 3.8) is 0 Å². The monoisotopic (exact) mass is 287 g/mol. The van der Waals surface area contributed by atoms with E-state index in [4.69, 9.17) is 4.74 Å². The molecule has 0 atom stereocenters. The topological polar surface area (TPSA) is 77.3 Å². The van der Waals surface area contributed by atoms with Gasteiger partial charge in [0.15, 0.2) is 0 Å². The second-order valence-corrected chi connectivity index (χ2v) is 4.60. The number of aryl methyl sites for hydroxylation is 1. The molecule has 0 aliphatic carbocycles. The van der Waals surface area contributed by atoms with E-state index in [0.717, 1.165) is 18.8 Å². The Morgan fingerprint density at radius 1 is 1.33 bits per heavy atom. The molecule has 0 saturated carbocycles. The van der Waals surface area contributed by atoms with Crippen LogP contribution in [0.5, 0.6) is 11.6 Å². The smallest absolute Gasteiger partial charge is 0.272 e. The van der Waals surface area contributed by atoms with Gasteiger partial charge in [-0.1, -0.05) is 13.0 Å². The quantitative estimate of drug-likeness (QED) is 0.643. The molecule has 0 spiro atoms. The maximum absolute atomic E-state index is 10.8. The zero-order valence-corrected chi connectivity index (χ0v) is 12.0. The maximum Gasteiger partial charge on any atom is 0.272 e. The van der Waals surface area contributed by atoms with Gasteiger partial charge in [0, 0.05) is 24.2 Å². The third-order valence-electron chi connectivity index (χ3n) is 2.87. The Morgan fingerprint density at radius 2 is 2.14 bits per heavy atom. The number of nitrogens with one attached hydrogen (secondary N) is 1. The van der Waals surface area contributed by atoms with Gasteiger partial charge in [-0.15, -0.1) is 0 Å². The molecule has 1 heterocycles. The highest BCUT2D eigenvalue weighted by atomic mass is 16.6. The fourth-order valence-electron chi connectivity index (χ4n) is 1.84. The predicted molar refractivity (Wildman–Crippen MR) is 80.9 cm³/mol. The average Bonchev–Trinajstić information content (AvgIpc) is 2.45. The first-order valence-electron chi connectivity index (χ1n) is 6.74. The number of anilines is 1. The van der Waals surface area contributed by atoms with E-state index in [9.17, 15) is 10.1 Å². The Labute approximate surface area is 122 Å². The number of nitro groups is 1. The molecule has 0 unspecified atom stereocenters. The molecule has 1 N–H and O–H groups in total. The molecule has 0 fully saturated rings. The van der Waals surface area contributed by atoms with Gasteiger partial charge in [-0.05, 0) is 31.5 Å². The van der Waals surface area contributed by atoms with Crippen molar-refractivity contribution in [1.82, 2.24) is 4.98 Å². The lowest BCUT2D eigenvalue weighted by Crippen LogP contribution is -2.02. The van der Waals surface area contributed by atoms with Crippen molar-refractivity contribution in [2.24, 2.45) is 0 Å². The molecule has 0 bridgehead atoms. The summed E-state index contributed by atoms with van der Waals surface area (Å²) in [6.07, 6.45) is 1.01. The Bertz CT molecular complexity index is 644. The lowest BCUT2D eigenvalue weighted by atomic mass is 10.2. The van der Waals surface area contributed by atoms with Gasteiger partial charge in [0.2, 0.25) is 5.88 Å². The van der Waals surface area contributed by atoms with Crippen molar-refractivity contribution in [1.29, 1.82) is 0 Å². The zero-order valence-electron chi connectivity index (χ0n) is 12.0. The van der Waals surface area contributed by atoms with Crippen LogP contribution in [0.4, 0.5) is 11.5 Å². The lowest BCUT2D eigenvalue weighted by molar-refractivity contribution is -0.385. The van der Waals surface area contributed by atoms with E-state index in [1.54, 1.807) is 25.1 Å². The summed E-state index contributed by atoms with van der Waals surface area (Å²) in [5.41, 5.74) is 0.631. The van der Waals surface area contributed by atoms with Gasteiger partial charge in [-0.25, -0.2) is 0 Å². The molecule has 6 nitrogen and oxygen atoms in total. The normalized spacial score (nSPS) is 10.2. The van der Waals surface area contributed by atoms with Crippen LogP contribution in [-0.2, 0) is 0 Å². The maximum atomic E-state index is 10.8. The molecule has 0 radical (unpaired) electrons. The third-order valence-corrected chi connectivity index (χ3v) is 2.87. The van der Waals surface area contributed by atoms with Gasteiger partial charge in [0.25, 0.3) is 5.69 Å². The van der Waals surface area contributed by atoms with E-state index < -0.39 is 4.92 Å². The van der Waals surface area contributed by atoms with E-state index in [1.165, 1.54) is 6.07 Å². The van der Waals surface area contributed by atoms with Crippen LogP contribution in [0.25, 0.3) is 0 Å². The number of ether oxygens (including phenoxy) is 1. The standard InChI is InChI=1S/C15H17N3O3/c1-3-9-16-14-5-4-6-15(17-14)21-12-7-8-13(18(19)20)11(2)10-12/h4-8,10H,3,9H2,1-2H3,(H,16,17). The van der Waals surface area contributed by atoms with Crippen LogP contribution in [0.1, 0.15) is 18.9 Å². The molecule has 0 aliphatic rings. The molecular formula is C15H17N3O3. The van der Waals surface area contributed by atoms with Crippen LogP contribution in [-0.4, -0.2) is 16.5 Å². The van der Waals surface area contributed by atoms with Crippen LogP contribution >= 0.6 is 0 Å². The fourth-order valence-corrected chi connectivity index (χ4v) is 1.84. The highest BCUT2D eigenvalue weighted by Crippen LogP contribution is 2.26. The second-order valence-electron chi connectivity index (χ2n) is 4.60. The van der Waals surface area contributed by atoms with Gasteiger partial charge in [-0.2, -0.15) is 4.98 Å². The summed E-state index contributed by atoms with van der Waals surface area (Å²) in [7, 11) is 0. The van der Waals surface area contributed by atoms with Crippen molar-refractivity contribution < 1.29 is 9.66 Å². The fraction of sp³-hybridized carbons (Fsp3) is 0.267. The van der Waals surface area contributed by atoms with Crippen molar-refractivity contribution in [3.05, 3.63) is 52.1 Å². The lowest BCUT2D eigenvalue weighted by Gasteiger charge is -2.08. The number of rotatable bonds is 6. The van der Waals surface area contributed by atoms with Crippen molar-refractivity contribution >= 4 is 11.5 Å². The number of nitrogens with zero attached hydrogens (tertiary/aromatic N) is 2. The summed E-state index contributed by atoms with van der Waals surface area (Å²) in [6, 6.07) is 10.1. The van der Waals surface area contributed by atoms with Gasteiger partial charge in [0.05, 0.1) is 4.92 Å². The molecule has 1 aromatic heterocycles. The summed E-state index contributed by atoms with van der Waals surface area (Å²) in [5, 5.41) is 14.0. The minimum atomic E-state index is -0.410. The van der Waals surface area contributed by atoms with Crippen molar-refractivity contribution in [2.75, 3.05) is 11.9 Å². The van der Waals surface area contributed by atoms with Gasteiger partial charge >= 0.3 is 0 Å². The molecule has 2 rings (SSSR count). The zero-order chi connectivity index (χ0) is 15.2. The second kappa shape index (κ2) is 6.69. The van der Waals surface area contributed by atoms with Crippen LogP contribution in [0.15, 0.2) is 36.4 Å². The third kappa shape index (κ3) is 3.92. The largest absolute Gasteiger partial charge is 0.439 e. The molecule has 0 amide bonds. The van der Waals surface area contributed by atoms with Gasteiger partial charge in [0.1, 0.15) is 11.6 Å². The van der Waals surface area contributed by atoms with Gasteiger partial charge in [-0.3, -0.25) is 10.1 Å². The molecule has 21 heavy (non-hydrogen) atoms. The summed E-state index contributed by atoms with van der Waals surface area (Å²) in [5.74, 6) is 1.72. The first kappa shape index (κ1) is 14.8. The Morgan fingerprint density at radius 3 is 2.81 bits per heavy atom. The Balaban J connectivity index is 2.14. The number of pyridine rings is 1. The first-order valence-corrected chi connectivity index (χ1v) is 6.74. The summed E-state index contributed by atoms with van der Waals surface area (Å²) < 4.78 is 5.64. The molecule has 2 aromatic rings. The van der Waals surface area contributed by atoms with Gasteiger partial charge < -0.3 is 10.1 Å². The van der Waals surface area contributed by atoms with E-state index in [-0.39, 0.29) is 5.69 Å². The van der Waals surface area contributed by atoms with Crippen LogP contribution in [0.2, 0.25) is 0 Å². The Kier molecular flexibility index (Phi) is 4.71. The van der Waals surface area contributed by atoms with E-state index >= 15 is 0 Å². The van der Waals surface area contributed by atoms with Crippen molar-refractivity contribution in [3.8, 4) is 11.6 Å². The number of benzene rings is 1. The number of aromatic nitrogens is 1. The minimum Gasteiger partial charge on any atom is -0.439 e. The number of hydrogen-bond acceptors (Lipinski definition) is 5. The van der Waals surface area contributed by atoms with Crippen LogP contribution in [0.3, 0.4) is 0 Å². The SMILES string of the molecule is CCCNc1cccc(Oc2ccc([N+](=O)[O-])c(C)c2)n1. The summed E-state index contributed by atoms with van der Waals surface area (Å²) >= 11 is 0. The first-order chi connectivity index (χ1) is 10.1.